The van der Waals surface area contributed by atoms with Crippen molar-refractivity contribution in [1.82, 2.24) is 0 Å². The van der Waals surface area contributed by atoms with Gasteiger partial charge in [-0.25, -0.2) is 0 Å². The number of hydrogen-bond donors (Lipinski definition) is 2. The van der Waals surface area contributed by atoms with E-state index in [2.05, 4.69) is 13.8 Å². The average Bonchev–Trinajstić information content (AvgIpc) is 2.71. The molecule has 0 aromatic rings. The molecule has 0 spiro atoms. The van der Waals surface area contributed by atoms with Crippen LogP contribution in [0.2, 0.25) is 0 Å². The summed E-state index contributed by atoms with van der Waals surface area (Å²) in [4.78, 5) is 11.7. The zero-order valence-corrected chi connectivity index (χ0v) is 20.4. The predicted molar refractivity (Wildman–Crippen MR) is 128 cm³/mol. The van der Waals surface area contributed by atoms with Crippen LogP contribution in [0.15, 0.2) is 0 Å². The van der Waals surface area contributed by atoms with Gasteiger partial charge in [-0.15, -0.1) is 0 Å². The Bertz CT molecular complexity index is 322. The van der Waals surface area contributed by atoms with Gasteiger partial charge in [0, 0.05) is 0 Å². The van der Waals surface area contributed by atoms with Crippen LogP contribution in [0.25, 0.3) is 0 Å². The number of carbonyl (C=O) groups is 1. The van der Waals surface area contributed by atoms with E-state index in [9.17, 15) is 4.79 Å². The molecule has 0 fully saturated rings. The molecule has 0 rings (SSSR count). The van der Waals surface area contributed by atoms with Crippen molar-refractivity contribution in [2.45, 2.75) is 143 Å². The Hall–Kier alpha value is -0.610. The zero-order valence-electron chi connectivity index (χ0n) is 20.4. The van der Waals surface area contributed by atoms with Crippen LogP contribution in [0.3, 0.4) is 0 Å². The summed E-state index contributed by atoms with van der Waals surface area (Å²) in [6.07, 6.45) is 22.0. The SMILES string of the molecule is CCC(N)N.CCCCCCCCCCCCCCCCC(CC)C(=O)OCC. The molecule has 176 valence electrons. The highest BCUT2D eigenvalue weighted by Gasteiger charge is 2.16. The first-order valence-corrected chi connectivity index (χ1v) is 12.7. The van der Waals surface area contributed by atoms with Crippen molar-refractivity contribution >= 4 is 5.97 Å². The molecule has 0 amide bonds. The summed E-state index contributed by atoms with van der Waals surface area (Å²) < 4.78 is 5.13. The molecule has 1 atom stereocenters. The molecule has 0 bridgehead atoms. The van der Waals surface area contributed by atoms with Crippen LogP contribution < -0.4 is 11.5 Å². The van der Waals surface area contributed by atoms with Crippen molar-refractivity contribution in [2.24, 2.45) is 17.4 Å². The highest BCUT2D eigenvalue weighted by Crippen LogP contribution is 2.17. The van der Waals surface area contributed by atoms with Gasteiger partial charge in [0.05, 0.1) is 18.7 Å². The van der Waals surface area contributed by atoms with Gasteiger partial charge in [0.2, 0.25) is 0 Å². The highest BCUT2D eigenvalue weighted by molar-refractivity contribution is 5.72. The fourth-order valence-electron chi connectivity index (χ4n) is 3.33. The van der Waals surface area contributed by atoms with E-state index < -0.39 is 0 Å². The van der Waals surface area contributed by atoms with Gasteiger partial charge in [0.25, 0.3) is 0 Å². The molecule has 0 saturated carbocycles. The van der Waals surface area contributed by atoms with E-state index in [-0.39, 0.29) is 18.1 Å². The highest BCUT2D eigenvalue weighted by atomic mass is 16.5. The minimum absolute atomic E-state index is 0.00898. The summed E-state index contributed by atoms with van der Waals surface area (Å²) in [5, 5.41) is 0. The molecule has 4 nitrogen and oxygen atoms in total. The topological polar surface area (TPSA) is 78.3 Å². The molecule has 4 heteroatoms. The number of hydrogen-bond acceptors (Lipinski definition) is 4. The van der Waals surface area contributed by atoms with Crippen LogP contribution in [0.1, 0.15) is 137 Å². The monoisotopic (exact) mass is 414 g/mol. The molecule has 0 aromatic heterocycles. The van der Waals surface area contributed by atoms with E-state index in [1.165, 1.54) is 89.9 Å². The molecule has 0 radical (unpaired) electrons. The van der Waals surface area contributed by atoms with Crippen LogP contribution in [-0.2, 0) is 9.53 Å². The molecule has 0 saturated heterocycles. The molecule has 29 heavy (non-hydrogen) atoms. The van der Waals surface area contributed by atoms with Gasteiger partial charge in [0.1, 0.15) is 0 Å². The van der Waals surface area contributed by atoms with Crippen LogP contribution in [0.5, 0.6) is 0 Å². The van der Waals surface area contributed by atoms with Crippen LogP contribution in [0.4, 0.5) is 0 Å². The molecule has 0 aliphatic heterocycles. The molecule has 4 N–H and O–H groups in total. The van der Waals surface area contributed by atoms with Gasteiger partial charge in [-0.05, 0) is 26.2 Å². The summed E-state index contributed by atoms with van der Waals surface area (Å²) in [5.74, 6) is 0.136. The standard InChI is InChI=1S/C22H44O2.C3H10N2/c1-4-7-8-9-10-11-12-13-14-15-16-17-18-19-20-21(5-2)22(23)24-6-3;1-2-3(4)5/h21H,4-20H2,1-3H3;3H,2,4-5H2,1H3. The number of unbranched alkanes of at least 4 members (excludes halogenated alkanes) is 13. The van der Waals surface area contributed by atoms with E-state index in [4.69, 9.17) is 16.2 Å². The molecular formula is C25H54N2O2. The van der Waals surface area contributed by atoms with Crippen molar-refractivity contribution in [1.29, 1.82) is 0 Å². The minimum atomic E-state index is -0.116. The lowest BCUT2D eigenvalue weighted by Crippen LogP contribution is -2.28. The summed E-state index contributed by atoms with van der Waals surface area (Å²) in [7, 11) is 0. The summed E-state index contributed by atoms with van der Waals surface area (Å²) >= 11 is 0. The lowest BCUT2D eigenvalue weighted by atomic mass is 9.98. The number of rotatable bonds is 19. The van der Waals surface area contributed by atoms with E-state index in [0.717, 1.165) is 19.3 Å². The lowest BCUT2D eigenvalue weighted by molar-refractivity contribution is -0.148. The maximum Gasteiger partial charge on any atom is 0.308 e. The predicted octanol–water partition coefficient (Wildman–Crippen LogP) is 7.09. The normalized spacial score (nSPS) is 11.8. The largest absolute Gasteiger partial charge is 0.466 e. The molecule has 0 aromatic carbocycles. The Labute approximate surface area is 182 Å². The second kappa shape index (κ2) is 25.4. The van der Waals surface area contributed by atoms with E-state index in [1.807, 2.05) is 13.8 Å². The van der Waals surface area contributed by atoms with Crippen molar-refractivity contribution in [3.05, 3.63) is 0 Å². The third-order valence-electron chi connectivity index (χ3n) is 5.49. The Morgan fingerprint density at radius 3 is 1.34 bits per heavy atom. The van der Waals surface area contributed by atoms with Gasteiger partial charge >= 0.3 is 5.97 Å². The summed E-state index contributed by atoms with van der Waals surface area (Å²) in [6.45, 7) is 8.71. The molecule has 0 aliphatic carbocycles. The molecule has 0 heterocycles. The fourth-order valence-corrected chi connectivity index (χ4v) is 3.33. The third kappa shape index (κ3) is 25.4. The quantitative estimate of drug-likeness (QED) is 0.134. The van der Waals surface area contributed by atoms with E-state index >= 15 is 0 Å². The Morgan fingerprint density at radius 1 is 0.655 bits per heavy atom. The molecule has 0 aliphatic rings. The van der Waals surface area contributed by atoms with Gasteiger partial charge in [-0.1, -0.05) is 111 Å². The Kier molecular flexibility index (Phi) is 26.8. The third-order valence-corrected chi connectivity index (χ3v) is 5.49. The smallest absolute Gasteiger partial charge is 0.308 e. The van der Waals surface area contributed by atoms with E-state index in [1.54, 1.807) is 0 Å². The van der Waals surface area contributed by atoms with Crippen molar-refractivity contribution < 1.29 is 9.53 Å². The Balaban J connectivity index is 0. The van der Waals surface area contributed by atoms with Gasteiger partial charge in [-0.2, -0.15) is 0 Å². The maximum absolute atomic E-state index is 11.7. The maximum atomic E-state index is 11.7. The van der Waals surface area contributed by atoms with Gasteiger partial charge in [-0.3, -0.25) is 4.79 Å². The number of nitrogens with two attached hydrogens (primary N) is 2. The fraction of sp³-hybridized carbons (Fsp3) is 0.960. The lowest BCUT2D eigenvalue weighted by Gasteiger charge is -2.13. The first-order valence-electron chi connectivity index (χ1n) is 12.7. The van der Waals surface area contributed by atoms with Gasteiger partial charge in [0.15, 0.2) is 0 Å². The van der Waals surface area contributed by atoms with Crippen LogP contribution >= 0.6 is 0 Å². The number of ether oxygens (including phenoxy) is 1. The van der Waals surface area contributed by atoms with Gasteiger partial charge < -0.3 is 16.2 Å². The first-order chi connectivity index (χ1) is 14.0. The number of esters is 1. The summed E-state index contributed by atoms with van der Waals surface area (Å²) in [5.41, 5.74) is 10.1. The second-order valence-electron chi connectivity index (χ2n) is 8.31. The van der Waals surface area contributed by atoms with Crippen molar-refractivity contribution in [3.8, 4) is 0 Å². The van der Waals surface area contributed by atoms with Crippen molar-refractivity contribution in [3.63, 3.8) is 0 Å². The van der Waals surface area contributed by atoms with E-state index in [0.29, 0.717) is 6.61 Å². The number of carbonyl (C=O) groups excluding carboxylic acids is 1. The molecule has 1 unspecified atom stereocenters. The Morgan fingerprint density at radius 2 is 1.03 bits per heavy atom. The van der Waals surface area contributed by atoms with Crippen LogP contribution in [-0.4, -0.2) is 18.7 Å². The first kappa shape index (κ1) is 30.6. The zero-order chi connectivity index (χ0) is 22.2. The van der Waals surface area contributed by atoms with Crippen LogP contribution in [0, 0.1) is 5.92 Å². The second-order valence-corrected chi connectivity index (χ2v) is 8.31. The molecular weight excluding hydrogens is 360 g/mol. The minimum Gasteiger partial charge on any atom is -0.466 e. The summed E-state index contributed by atoms with van der Waals surface area (Å²) in [6, 6.07) is 0. The average molecular weight is 415 g/mol. The van der Waals surface area contributed by atoms with Crippen molar-refractivity contribution in [2.75, 3.05) is 6.61 Å².